The molecule has 4 nitrogen and oxygen atoms in total. The van der Waals surface area contributed by atoms with Gasteiger partial charge in [0.25, 0.3) is 0 Å². The molecule has 0 spiro atoms. The topological polar surface area (TPSA) is 55.4 Å². The van der Waals surface area contributed by atoms with Crippen molar-refractivity contribution in [2.45, 2.75) is 33.4 Å². The quantitative estimate of drug-likeness (QED) is 0.459. The summed E-state index contributed by atoms with van der Waals surface area (Å²) in [4.78, 5) is 21.6. The van der Waals surface area contributed by atoms with Gasteiger partial charge in [0.1, 0.15) is 0 Å². The van der Waals surface area contributed by atoms with Crippen LogP contribution in [-0.2, 0) is 14.3 Å². The van der Waals surface area contributed by atoms with Crippen LogP contribution in [0.25, 0.3) is 0 Å². The van der Waals surface area contributed by atoms with Crippen molar-refractivity contribution in [3.63, 3.8) is 0 Å². The molecular formula is C8H13NO3. The molecule has 0 aromatic carbocycles. The zero-order chi connectivity index (χ0) is 9.35. The van der Waals surface area contributed by atoms with Crippen LogP contribution in [0.15, 0.2) is 0 Å². The SMILES string of the molecule is CC(C)(C)C(=O)OC1CC(=O)N1. The van der Waals surface area contributed by atoms with Gasteiger partial charge in [0, 0.05) is 0 Å². The van der Waals surface area contributed by atoms with E-state index in [-0.39, 0.29) is 11.9 Å². The number of carbonyl (C=O) groups excluding carboxylic acids is 2. The molecule has 1 atom stereocenters. The summed E-state index contributed by atoms with van der Waals surface area (Å²) in [5.41, 5.74) is -0.500. The molecule has 4 heteroatoms. The lowest BCUT2D eigenvalue weighted by Gasteiger charge is -2.29. The molecule has 1 saturated heterocycles. The van der Waals surface area contributed by atoms with Gasteiger partial charge >= 0.3 is 5.97 Å². The molecule has 0 bridgehead atoms. The molecule has 1 rings (SSSR count). The normalized spacial score (nSPS) is 22.6. The molecule has 12 heavy (non-hydrogen) atoms. The number of esters is 1. The first-order valence-corrected chi connectivity index (χ1v) is 3.90. The zero-order valence-electron chi connectivity index (χ0n) is 7.51. The molecule has 1 amide bonds. The lowest BCUT2D eigenvalue weighted by Crippen LogP contribution is -2.51. The Morgan fingerprint density at radius 2 is 2.08 bits per heavy atom. The van der Waals surface area contributed by atoms with Crippen LogP contribution < -0.4 is 5.32 Å². The Balaban J connectivity index is 2.33. The highest BCUT2D eigenvalue weighted by Crippen LogP contribution is 2.18. The molecule has 0 radical (unpaired) electrons. The minimum atomic E-state index is -0.500. The minimum Gasteiger partial charge on any atom is -0.441 e. The van der Waals surface area contributed by atoms with E-state index in [0.717, 1.165) is 0 Å². The number of carbonyl (C=O) groups is 2. The number of ether oxygens (including phenoxy) is 1. The van der Waals surface area contributed by atoms with E-state index in [2.05, 4.69) is 5.32 Å². The first-order chi connectivity index (χ1) is 5.39. The van der Waals surface area contributed by atoms with E-state index in [9.17, 15) is 9.59 Å². The largest absolute Gasteiger partial charge is 0.441 e. The van der Waals surface area contributed by atoms with Crippen LogP contribution in [0.4, 0.5) is 0 Å². The summed E-state index contributed by atoms with van der Waals surface area (Å²) in [5.74, 6) is -0.353. The predicted octanol–water partition coefficient (Wildman–Crippen LogP) is 0.422. The highest BCUT2D eigenvalue weighted by Gasteiger charge is 2.32. The van der Waals surface area contributed by atoms with E-state index in [1.807, 2.05) is 0 Å². The van der Waals surface area contributed by atoms with Gasteiger partial charge in [0.2, 0.25) is 5.91 Å². The molecule has 1 heterocycles. The summed E-state index contributed by atoms with van der Waals surface area (Å²) in [5, 5.41) is 2.46. The molecule has 0 aromatic rings. The van der Waals surface area contributed by atoms with Crippen LogP contribution in [0.1, 0.15) is 27.2 Å². The van der Waals surface area contributed by atoms with Crippen molar-refractivity contribution < 1.29 is 14.3 Å². The van der Waals surface area contributed by atoms with Gasteiger partial charge in [-0.25, -0.2) is 0 Å². The fraction of sp³-hybridized carbons (Fsp3) is 0.750. The zero-order valence-corrected chi connectivity index (χ0v) is 7.51. The van der Waals surface area contributed by atoms with Crippen LogP contribution in [0, 0.1) is 5.41 Å². The fourth-order valence-electron chi connectivity index (χ4n) is 0.704. The van der Waals surface area contributed by atoms with Gasteiger partial charge < -0.3 is 10.1 Å². The standard InChI is InChI=1S/C8H13NO3/c1-8(2,3)7(11)12-6-4-5(10)9-6/h6H,4H2,1-3H3,(H,9,10). The molecular weight excluding hydrogens is 158 g/mol. The van der Waals surface area contributed by atoms with Crippen molar-refractivity contribution in [3.05, 3.63) is 0 Å². The predicted molar refractivity (Wildman–Crippen MR) is 42.1 cm³/mol. The maximum Gasteiger partial charge on any atom is 0.313 e. The van der Waals surface area contributed by atoms with Crippen molar-refractivity contribution in [1.29, 1.82) is 0 Å². The van der Waals surface area contributed by atoms with E-state index in [1.165, 1.54) is 0 Å². The van der Waals surface area contributed by atoms with Crippen LogP contribution >= 0.6 is 0 Å². The molecule has 0 aromatic heterocycles. The Bertz CT molecular complexity index is 209. The van der Waals surface area contributed by atoms with Gasteiger partial charge in [0.05, 0.1) is 11.8 Å². The summed E-state index contributed by atoms with van der Waals surface area (Å²) >= 11 is 0. The summed E-state index contributed by atoms with van der Waals surface area (Å²) in [6.45, 7) is 5.32. The highest BCUT2D eigenvalue weighted by molar-refractivity contribution is 5.84. The van der Waals surface area contributed by atoms with Gasteiger partial charge in [-0.3, -0.25) is 9.59 Å². The summed E-state index contributed by atoms with van der Waals surface area (Å²) in [6, 6.07) is 0. The molecule has 1 fully saturated rings. The van der Waals surface area contributed by atoms with Crippen molar-refractivity contribution in [1.82, 2.24) is 5.32 Å². The summed E-state index contributed by atoms with van der Waals surface area (Å²) < 4.78 is 4.95. The monoisotopic (exact) mass is 171 g/mol. The average molecular weight is 171 g/mol. The van der Waals surface area contributed by atoms with E-state index in [0.29, 0.717) is 6.42 Å². The number of amides is 1. The Morgan fingerprint density at radius 3 is 2.42 bits per heavy atom. The third-order valence-electron chi connectivity index (χ3n) is 1.55. The van der Waals surface area contributed by atoms with E-state index >= 15 is 0 Å². The third kappa shape index (κ3) is 1.96. The lowest BCUT2D eigenvalue weighted by atomic mass is 9.97. The highest BCUT2D eigenvalue weighted by atomic mass is 16.6. The van der Waals surface area contributed by atoms with Gasteiger partial charge in [-0.05, 0) is 20.8 Å². The minimum absolute atomic E-state index is 0.0679. The first kappa shape index (κ1) is 9.03. The van der Waals surface area contributed by atoms with Crippen molar-refractivity contribution >= 4 is 11.9 Å². The molecule has 1 unspecified atom stereocenters. The van der Waals surface area contributed by atoms with Gasteiger partial charge in [-0.15, -0.1) is 0 Å². The molecule has 1 aliphatic heterocycles. The van der Waals surface area contributed by atoms with Crippen molar-refractivity contribution in [3.8, 4) is 0 Å². The van der Waals surface area contributed by atoms with Gasteiger partial charge in [0.15, 0.2) is 6.23 Å². The first-order valence-electron chi connectivity index (χ1n) is 3.90. The van der Waals surface area contributed by atoms with Crippen molar-refractivity contribution in [2.75, 3.05) is 0 Å². The van der Waals surface area contributed by atoms with Crippen LogP contribution in [0.2, 0.25) is 0 Å². The number of hydrogen-bond donors (Lipinski definition) is 1. The number of hydrogen-bond acceptors (Lipinski definition) is 3. The second-order valence-corrected chi connectivity index (χ2v) is 3.92. The Morgan fingerprint density at radius 1 is 1.58 bits per heavy atom. The summed E-state index contributed by atoms with van der Waals surface area (Å²) in [7, 11) is 0. The van der Waals surface area contributed by atoms with Crippen LogP contribution in [0.3, 0.4) is 0 Å². The molecule has 68 valence electrons. The molecule has 0 aliphatic carbocycles. The maximum absolute atomic E-state index is 11.2. The maximum atomic E-state index is 11.2. The van der Waals surface area contributed by atoms with Gasteiger partial charge in [-0.1, -0.05) is 0 Å². The van der Waals surface area contributed by atoms with E-state index in [1.54, 1.807) is 20.8 Å². The number of nitrogens with one attached hydrogen (secondary N) is 1. The molecule has 0 saturated carbocycles. The molecule has 1 N–H and O–H groups in total. The lowest BCUT2D eigenvalue weighted by molar-refractivity contribution is -0.168. The van der Waals surface area contributed by atoms with Crippen LogP contribution in [0.5, 0.6) is 0 Å². The third-order valence-corrected chi connectivity index (χ3v) is 1.55. The molecule has 1 aliphatic rings. The van der Waals surface area contributed by atoms with Gasteiger partial charge in [-0.2, -0.15) is 0 Å². The Labute approximate surface area is 71.3 Å². The fourth-order valence-corrected chi connectivity index (χ4v) is 0.704. The second-order valence-electron chi connectivity index (χ2n) is 3.92. The Hall–Kier alpha value is -1.06. The summed E-state index contributed by atoms with van der Waals surface area (Å²) in [6.07, 6.45) is -0.105. The number of rotatable bonds is 1. The van der Waals surface area contributed by atoms with Crippen LogP contribution in [-0.4, -0.2) is 18.1 Å². The average Bonchev–Trinajstić information content (AvgIpc) is 1.82. The second kappa shape index (κ2) is 2.77. The van der Waals surface area contributed by atoms with E-state index in [4.69, 9.17) is 4.74 Å². The number of β-lactam (4-membered cyclic amide) rings is 1. The van der Waals surface area contributed by atoms with E-state index < -0.39 is 11.6 Å². The smallest absolute Gasteiger partial charge is 0.313 e. The van der Waals surface area contributed by atoms with Crippen molar-refractivity contribution in [2.24, 2.45) is 5.41 Å². The Kier molecular flexibility index (Phi) is 2.08.